The Balaban J connectivity index is 1.97. The monoisotopic (exact) mass is 241 g/mol. The van der Waals surface area contributed by atoms with Crippen molar-refractivity contribution in [3.8, 4) is 0 Å². The first kappa shape index (κ1) is 11.8. The second-order valence-corrected chi connectivity index (χ2v) is 4.07. The number of carbonyl (C=O) groups excluding carboxylic acids is 1. The van der Waals surface area contributed by atoms with Crippen LogP contribution in [0.1, 0.15) is 19.3 Å². The van der Waals surface area contributed by atoms with Crippen LogP contribution < -0.4 is 0 Å². The van der Waals surface area contributed by atoms with Gasteiger partial charge in [-0.3, -0.25) is 9.59 Å². The predicted molar refractivity (Wildman–Crippen MR) is 57.0 cm³/mol. The van der Waals surface area contributed by atoms with Crippen LogP contribution in [0.3, 0.4) is 0 Å². The van der Waals surface area contributed by atoms with Gasteiger partial charge in [0.1, 0.15) is 19.5 Å². The highest BCUT2D eigenvalue weighted by atomic mass is 16.6. The Bertz CT molecular complexity index is 348. The minimum atomic E-state index is -0.904. The molecule has 0 aromatic heterocycles. The van der Waals surface area contributed by atoms with Crippen molar-refractivity contribution in [2.45, 2.75) is 25.3 Å². The van der Waals surface area contributed by atoms with Gasteiger partial charge in [-0.25, -0.2) is 0 Å². The zero-order chi connectivity index (χ0) is 12.3. The third-order valence-electron chi connectivity index (χ3n) is 2.67. The van der Waals surface area contributed by atoms with E-state index in [4.69, 9.17) is 14.6 Å². The van der Waals surface area contributed by atoms with Crippen molar-refractivity contribution in [2.75, 3.05) is 19.8 Å². The van der Waals surface area contributed by atoms with Crippen molar-refractivity contribution in [3.05, 3.63) is 12.0 Å². The Morgan fingerprint density at radius 1 is 1.41 bits per heavy atom. The number of carbonyl (C=O) groups is 2. The highest BCUT2D eigenvalue weighted by Crippen LogP contribution is 2.28. The molecule has 1 saturated carbocycles. The number of hydrogen-bond acceptors (Lipinski definition) is 4. The number of carboxylic acids is 1. The highest BCUT2D eigenvalue weighted by molar-refractivity contribution is 5.92. The zero-order valence-electron chi connectivity index (χ0n) is 9.42. The van der Waals surface area contributed by atoms with Crippen LogP contribution in [0.25, 0.3) is 0 Å². The lowest BCUT2D eigenvalue weighted by Crippen LogP contribution is -2.37. The number of carboxylic acid groups (broad SMARTS) is 1. The van der Waals surface area contributed by atoms with Crippen molar-refractivity contribution in [1.29, 1.82) is 0 Å². The van der Waals surface area contributed by atoms with Gasteiger partial charge < -0.3 is 19.5 Å². The van der Waals surface area contributed by atoms with E-state index in [0.29, 0.717) is 13.2 Å². The van der Waals surface area contributed by atoms with Gasteiger partial charge in [0.2, 0.25) is 5.76 Å². The summed E-state index contributed by atoms with van der Waals surface area (Å²) in [6, 6.07) is 0.160. The first-order chi connectivity index (χ1) is 8.18. The lowest BCUT2D eigenvalue weighted by atomic mass is 10.3. The van der Waals surface area contributed by atoms with Gasteiger partial charge in [0, 0.05) is 12.6 Å². The largest absolute Gasteiger partial charge is 0.494 e. The fraction of sp³-hybridized carbons (Fsp3) is 0.636. The first-order valence-corrected chi connectivity index (χ1v) is 5.66. The van der Waals surface area contributed by atoms with E-state index in [1.807, 2.05) is 0 Å². The van der Waals surface area contributed by atoms with Gasteiger partial charge in [0.15, 0.2) is 0 Å². The van der Waals surface area contributed by atoms with E-state index in [1.165, 1.54) is 6.26 Å². The van der Waals surface area contributed by atoms with E-state index in [0.717, 1.165) is 12.8 Å². The van der Waals surface area contributed by atoms with Crippen LogP contribution in [0.2, 0.25) is 0 Å². The van der Waals surface area contributed by atoms with E-state index in [-0.39, 0.29) is 30.7 Å². The van der Waals surface area contributed by atoms with Gasteiger partial charge in [-0.15, -0.1) is 0 Å². The molecule has 1 heterocycles. The Kier molecular flexibility index (Phi) is 3.51. The smallest absolute Gasteiger partial charge is 0.305 e. The average molecular weight is 241 g/mol. The molecule has 17 heavy (non-hydrogen) atoms. The summed E-state index contributed by atoms with van der Waals surface area (Å²) < 4.78 is 10.2. The standard InChI is InChI=1S/C11H15NO5/c13-10(14)3-4-12(8-1-2-8)11(15)9-7-16-5-6-17-9/h7-8H,1-6H2,(H,13,14). The minimum absolute atomic E-state index is 0.0453. The second-order valence-electron chi connectivity index (χ2n) is 4.07. The first-order valence-electron chi connectivity index (χ1n) is 5.66. The molecular weight excluding hydrogens is 226 g/mol. The molecule has 2 rings (SSSR count). The summed E-state index contributed by atoms with van der Waals surface area (Å²) in [5.41, 5.74) is 0. The van der Waals surface area contributed by atoms with Gasteiger partial charge >= 0.3 is 5.97 Å². The van der Waals surface area contributed by atoms with Crippen LogP contribution in [0.4, 0.5) is 0 Å². The van der Waals surface area contributed by atoms with E-state index in [2.05, 4.69) is 0 Å². The van der Waals surface area contributed by atoms with Crippen LogP contribution in [0, 0.1) is 0 Å². The summed E-state index contributed by atoms with van der Waals surface area (Å²) in [6.07, 6.45) is 3.12. The zero-order valence-corrected chi connectivity index (χ0v) is 9.42. The van der Waals surface area contributed by atoms with Crippen molar-refractivity contribution < 1.29 is 24.2 Å². The van der Waals surface area contributed by atoms with Crippen molar-refractivity contribution in [1.82, 2.24) is 4.90 Å². The summed E-state index contributed by atoms with van der Waals surface area (Å²) in [5.74, 6) is -1.000. The predicted octanol–water partition coefficient (Wildman–Crippen LogP) is 0.340. The maximum atomic E-state index is 12.1. The molecule has 1 amide bonds. The average Bonchev–Trinajstić information content (AvgIpc) is 3.14. The highest BCUT2D eigenvalue weighted by Gasteiger charge is 2.35. The lowest BCUT2D eigenvalue weighted by molar-refractivity contribution is -0.139. The molecule has 1 fully saturated rings. The molecule has 6 heteroatoms. The molecule has 0 bridgehead atoms. The molecular formula is C11H15NO5. The SMILES string of the molecule is O=C(O)CCN(C(=O)C1=COCCO1)C1CC1. The molecule has 2 aliphatic rings. The number of aliphatic carboxylic acids is 1. The molecule has 0 aromatic carbocycles. The van der Waals surface area contributed by atoms with E-state index < -0.39 is 5.97 Å². The summed E-state index contributed by atoms with van der Waals surface area (Å²) >= 11 is 0. The summed E-state index contributed by atoms with van der Waals surface area (Å²) in [4.78, 5) is 24.2. The van der Waals surface area contributed by atoms with Gasteiger partial charge in [-0.05, 0) is 12.8 Å². The van der Waals surface area contributed by atoms with E-state index in [1.54, 1.807) is 4.90 Å². The molecule has 0 radical (unpaired) electrons. The van der Waals surface area contributed by atoms with Crippen LogP contribution in [0.5, 0.6) is 0 Å². The van der Waals surface area contributed by atoms with Gasteiger partial charge in [0.05, 0.1) is 6.42 Å². The molecule has 1 aliphatic carbocycles. The third kappa shape index (κ3) is 3.12. The Labute approximate surface area is 98.8 Å². The Morgan fingerprint density at radius 2 is 2.18 bits per heavy atom. The van der Waals surface area contributed by atoms with Crippen LogP contribution in [-0.4, -0.2) is 47.7 Å². The van der Waals surface area contributed by atoms with Gasteiger partial charge in [-0.2, -0.15) is 0 Å². The summed E-state index contributed by atoms with van der Waals surface area (Å²) in [6.45, 7) is 1.02. The van der Waals surface area contributed by atoms with Gasteiger partial charge in [-0.1, -0.05) is 0 Å². The Morgan fingerprint density at radius 3 is 2.71 bits per heavy atom. The van der Waals surface area contributed by atoms with Gasteiger partial charge in [0.25, 0.3) is 5.91 Å². The lowest BCUT2D eigenvalue weighted by Gasteiger charge is -2.24. The topological polar surface area (TPSA) is 76.1 Å². The van der Waals surface area contributed by atoms with E-state index in [9.17, 15) is 9.59 Å². The molecule has 6 nitrogen and oxygen atoms in total. The van der Waals surface area contributed by atoms with Crippen LogP contribution >= 0.6 is 0 Å². The fourth-order valence-corrected chi connectivity index (χ4v) is 1.67. The summed E-state index contributed by atoms with van der Waals surface area (Å²) in [5, 5.41) is 8.65. The number of hydrogen-bond donors (Lipinski definition) is 1. The number of nitrogens with zero attached hydrogens (tertiary/aromatic N) is 1. The minimum Gasteiger partial charge on any atom is -0.494 e. The third-order valence-corrected chi connectivity index (χ3v) is 2.67. The van der Waals surface area contributed by atoms with Crippen LogP contribution in [-0.2, 0) is 19.1 Å². The molecule has 1 aliphatic heterocycles. The van der Waals surface area contributed by atoms with Crippen LogP contribution in [0.15, 0.2) is 12.0 Å². The van der Waals surface area contributed by atoms with Crippen molar-refractivity contribution in [3.63, 3.8) is 0 Å². The quantitative estimate of drug-likeness (QED) is 0.751. The molecule has 0 aromatic rings. The molecule has 94 valence electrons. The molecule has 1 N–H and O–H groups in total. The molecule has 0 unspecified atom stereocenters. The molecule has 0 spiro atoms. The number of amides is 1. The van der Waals surface area contributed by atoms with Crippen molar-refractivity contribution in [2.24, 2.45) is 0 Å². The number of rotatable bonds is 5. The summed E-state index contributed by atoms with van der Waals surface area (Å²) in [7, 11) is 0. The second kappa shape index (κ2) is 5.07. The maximum absolute atomic E-state index is 12.1. The fourth-order valence-electron chi connectivity index (χ4n) is 1.67. The molecule has 0 saturated heterocycles. The maximum Gasteiger partial charge on any atom is 0.305 e. The van der Waals surface area contributed by atoms with Crippen molar-refractivity contribution >= 4 is 11.9 Å². The molecule has 0 atom stereocenters. The Hall–Kier alpha value is -1.72. The number of ether oxygens (including phenoxy) is 2. The normalized spacial score (nSPS) is 18.7. The van der Waals surface area contributed by atoms with E-state index >= 15 is 0 Å².